The number of H-pyrrole nitrogens is 1. The smallest absolute Gasteiger partial charge is 0.195 e. The molecule has 3 aliphatic rings. The molecule has 0 unspecified atom stereocenters. The molecule has 1 N–H and O–H groups in total. The Morgan fingerprint density at radius 2 is 2.00 bits per heavy atom. The van der Waals surface area contributed by atoms with Crippen molar-refractivity contribution in [3.05, 3.63) is 63.8 Å². The lowest BCUT2D eigenvalue weighted by atomic mass is 9.70. The van der Waals surface area contributed by atoms with Crippen molar-refractivity contribution >= 4 is 22.4 Å². The summed E-state index contributed by atoms with van der Waals surface area (Å²) in [4.78, 5) is 20.6. The lowest BCUT2D eigenvalue weighted by Crippen LogP contribution is -2.49. The monoisotopic (exact) mass is 489 g/mol. The number of aromatic nitrogens is 1. The van der Waals surface area contributed by atoms with E-state index in [9.17, 15) is 11.4 Å². The maximum absolute atomic E-state index is 14.1. The summed E-state index contributed by atoms with van der Waals surface area (Å²) < 4.78 is 68.0. The number of carbonyl (C=O) groups excluding carboxylic acids is 1. The van der Waals surface area contributed by atoms with Gasteiger partial charge in [0.2, 0.25) is 0 Å². The minimum Gasteiger partial charge on any atom is -0.379 e. The predicted molar refractivity (Wildman–Crippen MR) is 142 cm³/mol. The summed E-state index contributed by atoms with van der Waals surface area (Å²) >= 11 is 0. The normalized spacial score (nSPS) is 26.7. The Labute approximate surface area is 222 Å². The summed E-state index contributed by atoms with van der Waals surface area (Å²) in [6.07, 6.45) is -4.06. The molecule has 36 heavy (non-hydrogen) atoms. The van der Waals surface area contributed by atoms with E-state index in [-0.39, 0.29) is 45.8 Å². The molecule has 0 atom stereocenters. The molecule has 1 aromatic heterocycles. The minimum absolute atomic E-state index is 0.235. The van der Waals surface area contributed by atoms with Gasteiger partial charge in [-0.3, -0.25) is 9.69 Å². The molecular weight excluding hydrogens is 448 g/mol. The molecule has 0 radical (unpaired) electrons. The number of hydrogen-bond acceptors (Lipinski definition) is 5. The van der Waals surface area contributed by atoms with Crippen LogP contribution in [-0.2, 0) is 16.6 Å². The highest BCUT2D eigenvalue weighted by atomic mass is 16.5. The van der Waals surface area contributed by atoms with Crippen LogP contribution in [0, 0.1) is 11.3 Å². The van der Waals surface area contributed by atoms with Crippen LogP contribution in [0.3, 0.4) is 0 Å². The fraction of sp³-hybridized carbons (Fsp3) is 0.467. The standard InChI is InChI=1S/C30H34N4O2/c1-4-20-16-23-24(17-26(20)34-9-7-21(8-10-34)33-11-13-36-14-12-33)30(2,3)29-27(28(23)35)22-6-5-19(18-31)15-25(22)32-29/h5-6,15-17,21,32H,4,7-14H2,1-3H3/i2D,3D,7D2,8D2,21D. The van der Waals surface area contributed by atoms with Crippen LogP contribution in [0.4, 0.5) is 5.69 Å². The van der Waals surface area contributed by atoms with Crippen molar-refractivity contribution in [2.45, 2.75) is 51.3 Å². The van der Waals surface area contributed by atoms with E-state index in [1.54, 1.807) is 40.1 Å². The van der Waals surface area contributed by atoms with Gasteiger partial charge < -0.3 is 14.6 Å². The molecule has 2 aromatic carbocycles. The third-order valence-corrected chi connectivity index (χ3v) is 7.54. The first kappa shape index (κ1) is 16.6. The van der Waals surface area contributed by atoms with E-state index in [1.165, 1.54) is 0 Å². The number of aryl methyl sites for hydroxylation is 1. The van der Waals surface area contributed by atoms with Crippen molar-refractivity contribution in [2.75, 3.05) is 44.3 Å². The molecule has 0 spiro atoms. The van der Waals surface area contributed by atoms with E-state index in [0.717, 1.165) is 5.56 Å². The van der Waals surface area contributed by atoms with Gasteiger partial charge in [0.05, 0.1) is 30.4 Å². The molecule has 6 heteroatoms. The van der Waals surface area contributed by atoms with Crippen molar-refractivity contribution in [1.29, 1.82) is 5.26 Å². The zero-order chi connectivity index (χ0) is 30.9. The van der Waals surface area contributed by atoms with E-state index < -0.39 is 24.2 Å². The van der Waals surface area contributed by atoms with Crippen molar-refractivity contribution in [3.63, 3.8) is 0 Å². The third-order valence-electron chi connectivity index (χ3n) is 7.54. The zero-order valence-corrected chi connectivity index (χ0v) is 20.4. The van der Waals surface area contributed by atoms with Crippen LogP contribution in [0.1, 0.15) is 81.4 Å². The van der Waals surface area contributed by atoms with Crippen molar-refractivity contribution in [1.82, 2.24) is 9.88 Å². The number of ketones is 1. The number of anilines is 1. The number of ether oxygens (including phenoxy) is 1. The number of rotatable bonds is 3. The molecule has 0 bridgehead atoms. The van der Waals surface area contributed by atoms with Crippen LogP contribution in [0.5, 0.6) is 0 Å². The van der Waals surface area contributed by atoms with E-state index in [4.69, 9.17) is 13.0 Å². The molecule has 0 amide bonds. The van der Waals surface area contributed by atoms with Gasteiger partial charge in [-0.2, -0.15) is 5.26 Å². The highest BCUT2D eigenvalue weighted by Crippen LogP contribution is 2.46. The van der Waals surface area contributed by atoms with Gasteiger partial charge >= 0.3 is 0 Å². The quantitative estimate of drug-likeness (QED) is 0.574. The molecule has 1 aliphatic carbocycles. The van der Waals surface area contributed by atoms with E-state index in [2.05, 4.69) is 11.1 Å². The van der Waals surface area contributed by atoms with Crippen molar-refractivity contribution < 1.29 is 19.1 Å². The largest absolute Gasteiger partial charge is 0.379 e. The van der Waals surface area contributed by atoms with Crippen molar-refractivity contribution in [2.24, 2.45) is 0 Å². The summed E-state index contributed by atoms with van der Waals surface area (Å²) in [5.41, 5.74) is 2.78. The van der Waals surface area contributed by atoms with Gasteiger partial charge in [-0.1, -0.05) is 26.8 Å². The number of morpholine rings is 1. The maximum atomic E-state index is 14.1. The molecule has 2 fully saturated rings. The Hall–Kier alpha value is -3.14. The fourth-order valence-electron chi connectivity index (χ4n) is 5.57. The molecule has 3 aromatic rings. The molecule has 2 aliphatic heterocycles. The number of carbonyl (C=O) groups is 1. The number of nitriles is 1. The van der Waals surface area contributed by atoms with Gasteiger partial charge in [0, 0.05) is 75.1 Å². The summed E-state index contributed by atoms with van der Waals surface area (Å²) in [6.45, 7) is 2.12. The van der Waals surface area contributed by atoms with Crippen LogP contribution in [-0.4, -0.2) is 61.1 Å². The van der Waals surface area contributed by atoms with Gasteiger partial charge in [0.25, 0.3) is 0 Å². The maximum Gasteiger partial charge on any atom is 0.195 e. The van der Waals surface area contributed by atoms with Crippen molar-refractivity contribution in [3.8, 4) is 6.07 Å². The second-order valence-corrected chi connectivity index (χ2v) is 9.70. The molecule has 6 rings (SSSR count). The molecule has 2 saturated heterocycles. The molecule has 3 heterocycles. The summed E-state index contributed by atoms with van der Waals surface area (Å²) in [5.74, 6) is -0.249. The molecule has 6 nitrogen and oxygen atoms in total. The van der Waals surface area contributed by atoms with E-state index >= 15 is 0 Å². The first-order valence-corrected chi connectivity index (χ1v) is 12.3. The lowest BCUT2D eigenvalue weighted by Gasteiger charge is -2.42. The highest BCUT2D eigenvalue weighted by molar-refractivity contribution is 6.20. The van der Waals surface area contributed by atoms with Crippen LogP contribution in [0.2, 0.25) is 0 Å². The lowest BCUT2D eigenvalue weighted by molar-refractivity contribution is 0.0115. The highest BCUT2D eigenvalue weighted by Gasteiger charge is 2.40. The number of benzene rings is 2. The number of fused-ring (bicyclic) bond motifs is 4. The van der Waals surface area contributed by atoms with E-state index in [0.29, 0.717) is 64.2 Å². The Balaban J connectivity index is 1.50. The van der Waals surface area contributed by atoms with Crippen LogP contribution in [0.25, 0.3) is 10.9 Å². The first-order chi connectivity index (χ1) is 20.4. The Morgan fingerprint density at radius 1 is 1.22 bits per heavy atom. The average molecular weight is 490 g/mol. The van der Waals surface area contributed by atoms with Crippen LogP contribution < -0.4 is 4.90 Å². The summed E-state index contributed by atoms with van der Waals surface area (Å²) in [5, 5.41) is 10.0. The Kier molecular flexibility index (Phi) is 4.03. The number of nitrogens with one attached hydrogen (secondary N) is 1. The second-order valence-electron chi connectivity index (χ2n) is 9.70. The Morgan fingerprint density at radius 3 is 2.69 bits per heavy atom. The topological polar surface area (TPSA) is 72.4 Å². The van der Waals surface area contributed by atoms with Gasteiger partial charge in [0.15, 0.2) is 5.78 Å². The number of piperidine rings is 1. The predicted octanol–water partition coefficient (Wildman–Crippen LogP) is 4.77. The number of hydrogen-bond donors (Lipinski definition) is 1. The number of aromatic amines is 1. The third kappa shape index (κ3) is 3.56. The zero-order valence-electron chi connectivity index (χ0n) is 27.4. The fourth-order valence-corrected chi connectivity index (χ4v) is 5.57. The van der Waals surface area contributed by atoms with Gasteiger partial charge in [-0.25, -0.2) is 0 Å². The molecular formula is C30H34N4O2. The minimum atomic E-state index is -2.27. The molecule has 0 saturated carbocycles. The Bertz CT molecular complexity index is 1640. The first-order valence-electron chi connectivity index (χ1n) is 16.2. The van der Waals surface area contributed by atoms with E-state index in [1.807, 2.05) is 6.92 Å². The van der Waals surface area contributed by atoms with Gasteiger partial charge in [-0.15, -0.1) is 0 Å². The SMILES string of the molecule is [2H]CC1(C[2H])c2cc(N3CC([2H])([2H])C([2H])(N4CCOCC4)C([2H])([2H])C3)c(CC)cc2C(=O)c2c1[nH]c1cc(C#N)ccc21. The van der Waals surface area contributed by atoms with Crippen LogP contribution >= 0.6 is 0 Å². The average Bonchev–Trinajstić information content (AvgIpc) is 3.39. The van der Waals surface area contributed by atoms with Gasteiger partial charge in [-0.05, 0) is 54.6 Å². The number of nitrogens with zero attached hydrogens (tertiary/aromatic N) is 3. The summed E-state index contributed by atoms with van der Waals surface area (Å²) in [6, 6.07) is 8.51. The van der Waals surface area contributed by atoms with Crippen LogP contribution in [0.15, 0.2) is 30.3 Å². The second kappa shape index (κ2) is 8.76. The molecule has 186 valence electrons. The van der Waals surface area contributed by atoms with Gasteiger partial charge in [0.1, 0.15) is 0 Å². The summed E-state index contributed by atoms with van der Waals surface area (Å²) in [7, 11) is 0.